The summed E-state index contributed by atoms with van der Waals surface area (Å²) in [6.07, 6.45) is 1.46. The molecule has 0 aliphatic carbocycles. The third-order valence-electron chi connectivity index (χ3n) is 5.04. The van der Waals surface area contributed by atoms with Crippen molar-refractivity contribution in [1.29, 1.82) is 0 Å². The Balaban J connectivity index is 1.48. The van der Waals surface area contributed by atoms with E-state index in [9.17, 15) is 18.3 Å². The highest BCUT2D eigenvalue weighted by molar-refractivity contribution is 7.89. The molecule has 172 valence electrons. The molecular formula is C22H28N4O5S. The second-order valence-corrected chi connectivity index (χ2v) is 9.38. The van der Waals surface area contributed by atoms with Crippen LogP contribution in [0.4, 0.5) is 0 Å². The molecule has 1 amide bonds. The number of sulfonamides is 1. The molecule has 9 nitrogen and oxygen atoms in total. The third-order valence-corrected chi connectivity index (χ3v) is 6.96. The molecule has 1 saturated heterocycles. The number of aromatic hydroxyl groups is 1. The Morgan fingerprint density at radius 3 is 2.50 bits per heavy atom. The fraction of sp³-hybridized carbons (Fsp3) is 0.364. The van der Waals surface area contributed by atoms with Crippen molar-refractivity contribution in [1.82, 2.24) is 14.6 Å². The number of hydrogen-bond acceptors (Lipinski definition) is 7. The zero-order valence-electron chi connectivity index (χ0n) is 18.2. The Morgan fingerprint density at radius 1 is 1.16 bits per heavy atom. The van der Waals surface area contributed by atoms with Gasteiger partial charge in [-0.05, 0) is 49.7 Å². The van der Waals surface area contributed by atoms with Crippen molar-refractivity contribution in [2.45, 2.75) is 18.7 Å². The second-order valence-electron chi connectivity index (χ2n) is 7.45. The zero-order chi connectivity index (χ0) is 23.1. The molecule has 3 rings (SSSR count). The number of amides is 1. The minimum atomic E-state index is -3.53. The van der Waals surface area contributed by atoms with E-state index in [1.807, 2.05) is 18.7 Å². The second kappa shape index (κ2) is 10.6. The van der Waals surface area contributed by atoms with Gasteiger partial charge in [0.05, 0.1) is 24.3 Å². The first kappa shape index (κ1) is 23.7. The van der Waals surface area contributed by atoms with Gasteiger partial charge >= 0.3 is 0 Å². The lowest BCUT2D eigenvalue weighted by Gasteiger charge is -2.33. The molecule has 0 saturated carbocycles. The van der Waals surface area contributed by atoms with E-state index in [1.54, 1.807) is 36.4 Å². The van der Waals surface area contributed by atoms with Gasteiger partial charge in [0.25, 0.3) is 5.91 Å². The fourth-order valence-electron chi connectivity index (χ4n) is 3.29. The molecule has 2 aromatic rings. The van der Waals surface area contributed by atoms with Crippen LogP contribution in [-0.4, -0.2) is 74.2 Å². The smallest absolute Gasteiger partial charge is 0.254 e. The number of hydrazone groups is 1. The van der Waals surface area contributed by atoms with E-state index in [-0.39, 0.29) is 23.1 Å². The Bertz CT molecular complexity index is 1060. The van der Waals surface area contributed by atoms with E-state index in [1.165, 1.54) is 16.6 Å². The number of piperazine rings is 1. The number of ether oxygens (including phenoxy) is 1. The number of phenolic OH excluding ortho intramolecular Hbond substituents is 1. The lowest BCUT2D eigenvalue weighted by molar-refractivity contribution is -0.122. The molecule has 0 aromatic heterocycles. The van der Waals surface area contributed by atoms with E-state index in [4.69, 9.17) is 4.74 Å². The van der Waals surface area contributed by atoms with Crippen LogP contribution in [0.15, 0.2) is 52.5 Å². The SMILES string of the molecule is CCOc1cc(C=NNC(=O)CN2CCN(S(=O)(=O)c3ccc(C)cc3)CC2)ccc1O. The molecule has 2 aromatic carbocycles. The quantitative estimate of drug-likeness (QED) is 0.457. The molecular weight excluding hydrogens is 432 g/mol. The predicted molar refractivity (Wildman–Crippen MR) is 121 cm³/mol. The van der Waals surface area contributed by atoms with Gasteiger partial charge in [0.2, 0.25) is 10.0 Å². The highest BCUT2D eigenvalue weighted by Crippen LogP contribution is 2.26. The molecule has 0 atom stereocenters. The molecule has 0 unspecified atom stereocenters. The van der Waals surface area contributed by atoms with Gasteiger partial charge < -0.3 is 9.84 Å². The Labute approximate surface area is 188 Å². The van der Waals surface area contributed by atoms with Gasteiger partial charge in [-0.2, -0.15) is 9.41 Å². The summed E-state index contributed by atoms with van der Waals surface area (Å²) in [5, 5.41) is 13.7. The van der Waals surface area contributed by atoms with Gasteiger partial charge in [-0.15, -0.1) is 0 Å². The normalized spacial score (nSPS) is 15.7. The highest BCUT2D eigenvalue weighted by Gasteiger charge is 2.28. The van der Waals surface area contributed by atoms with E-state index in [0.717, 1.165) is 5.56 Å². The van der Waals surface area contributed by atoms with Gasteiger partial charge in [0.15, 0.2) is 11.5 Å². The van der Waals surface area contributed by atoms with Crippen LogP contribution in [0.1, 0.15) is 18.1 Å². The molecule has 0 spiro atoms. The van der Waals surface area contributed by atoms with Crippen LogP contribution in [0.25, 0.3) is 0 Å². The monoisotopic (exact) mass is 460 g/mol. The summed E-state index contributed by atoms with van der Waals surface area (Å²) in [7, 11) is -3.53. The average Bonchev–Trinajstić information content (AvgIpc) is 2.77. The Hall–Kier alpha value is -2.95. The van der Waals surface area contributed by atoms with E-state index < -0.39 is 10.0 Å². The number of aryl methyl sites for hydroxylation is 1. The Morgan fingerprint density at radius 2 is 1.84 bits per heavy atom. The maximum Gasteiger partial charge on any atom is 0.254 e. The van der Waals surface area contributed by atoms with Crippen LogP contribution < -0.4 is 10.2 Å². The van der Waals surface area contributed by atoms with Crippen LogP contribution in [0.3, 0.4) is 0 Å². The first-order valence-electron chi connectivity index (χ1n) is 10.4. The minimum Gasteiger partial charge on any atom is -0.504 e. The molecule has 1 heterocycles. The maximum absolute atomic E-state index is 12.8. The zero-order valence-corrected chi connectivity index (χ0v) is 19.0. The molecule has 1 fully saturated rings. The van der Waals surface area contributed by atoms with Crippen molar-refractivity contribution in [3.8, 4) is 11.5 Å². The summed E-state index contributed by atoms with van der Waals surface area (Å²) in [6.45, 7) is 5.82. The van der Waals surface area contributed by atoms with Crippen LogP contribution in [-0.2, 0) is 14.8 Å². The number of hydrogen-bond donors (Lipinski definition) is 2. The van der Waals surface area contributed by atoms with Crippen LogP contribution in [0, 0.1) is 6.92 Å². The van der Waals surface area contributed by atoms with E-state index in [2.05, 4.69) is 10.5 Å². The largest absolute Gasteiger partial charge is 0.504 e. The molecule has 1 aliphatic heterocycles. The number of phenols is 1. The minimum absolute atomic E-state index is 0.0385. The Kier molecular flexibility index (Phi) is 7.84. The van der Waals surface area contributed by atoms with Crippen LogP contribution >= 0.6 is 0 Å². The summed E-state index contributed by atoms with van der Waals surface area (Å²) in [5.74, 6) is 0.0951. The summed E-state index contributed by atoms with van der Waals surface area (Å²) in [6, 6.07) is 11.6. The van der Waals surface area contributed by atoms with Crippen molar-refractivity contribution in [2.24, 2.45) is 5.10 Å². The average molecular weight is 461 g/mol. The van der Waals surface area contributed by atoms with Crippen molar-refractivity contribution < 1.29 is 23.1 Å². The van der Waals surface area contributed by atoms with Gasteiger partial charge in [-0.25, -0.2) is 13.8 Å². The molecule has 2 N–H and O–H groups in total. The topological polar surface area (TPSA) is 112 Å². The summed E-state index contributed by atoms with van der Waals surface area (Å²) in [4.78, 5) is 14.4. The van der Waals surface area contributed by atoms with Crippen molar-refractivity contribution >= 4 is 22.1 Å². The van der Waals surface area contributed by atoms with Crippen molar-refractivity contribution in [3.63, 3.8) is 0 Å². The molecule has 32 heavy (non-hydrogen) atoms. The summed E-state index contributed by atoms with van der Waals surface area (Å²) < 4.78 is 32.3. The number of nitrogens with zero attached hydrogens (tertiary/aromatic N) is 3. The number of benzene rings is 2. The highest BCUT2D eigenvalue weighted by atomic mass is 32.2. The number of carbonyl (C=O) groups excluding carboxylic acids is 1. The lowest BCUT2D eigenvalue weighted by atomic mass is 10.2. The number of carbonyl (C=O) groups is 1. The summed E-state index contributed by atoms with van der Waals surface area (Å²) in [5.41, 5.74) is 4.14. The van der Waals surface area contributed by atoms with Gasteiger partial charge in [-0.1, -0.05) is 17.7 Å². The molecule has 0 bridgehead atoms. The van der Waals surface area contributed by atoms with E-state index >= 15 is 0 Å². The third kappa shape index (κ3) is 6.06. The molecule has 1 aliphatic rings. The maximum atomic E-state index is 12.8. The molecule has 10 heteroatoms. The molecule has 0 radical (unpaired) electrons. The number of nitrogens with one attached hydrogen (secondary N) is 1. The van der Waals surface area contributed by atoms with Gasteiger partial charge in [-0.3, -0.25) is 9.69 Å². The first-order valence-corrected chi connectivity index (χ1v) is 11.8. The van der Waals surface area contributed by atoms with Gasteiger partial charge in [0, 0.05) is 26.2 Å². The lowest BCUT2D eigenvalue weighted by Crippen LogP contribution is -2.50. The first-order chi connectivity index (χ1) is 15.3. The van der Waals surface area contributed by atoms with Gasteiger partial charge in [0.1, 0.15) is 0 Å². The van der Waals surface area contributed by atoms with Crippen LogP contribution in [0.5, 0.6) is 11.5 Å². The number of rotatable bonds is 8. The standard InChI is InChI=1S/C22H28N4O5S/c1-3-31-21-14-18(6-9-20(21)27)15-23-24-22(28)16-25-10-12-26(13-11-25)32(29,30)19-7-4-17(2)5-8-19/h4-9,14-15,27H,3,10-13,16H2,1-2H3,(H,24,28). The van der Waals surface area contributed by atoms with E-state index in [0.29, 0.717) is 44.1 Å². The predicted octanol–water partition coefficient (Wildman–Crippen LogP) is 1.56. The van der Waals surface area contributed by atoms with Crippen molar-refractivity contribution in [2.75, 3.05) is 39.3 Å². The van der Waals surface area contributed by atoms with Crippen molar-refractivity contribution in [3.05, 3.63) is 53.6 Å². The fourth-order valence-corrected chi connectivity index (χ4v) is 4.71. The van der Waals surface area contributed by atoms with Crippen LogP contribution in [0.2, 0.25) is 0 Å². The summed E-state index contributed by atoms with van der Waals surface area (Å²) >= 11 is 0.